The number of hydrogen-bond donors (Lipinski definition) is 1. The van der Waals surface area contributed by atoms with Crippen molar-refractivity contribution in [3.8, 4) is 0 Å². The van der Waals surface area contributed by atoms with Crippen LogP contribution in [0.2, 0.25) is 5.02 Å². The summed E-state index contributed by atoms with van der Waals surface area (Å²) in [4.78, 5) is 15.8. The third kappa shape index (κ3) is 2.28. The van der Waals surface area contributed by atoms with Crippen LogP contribution < -0.4 is 0 Å². The van der Waals surface area contributed by atoms with Crippen LogP contribution in [0.1, 0.15) is 21.5 Å². The Morgan fingerprint density at radius 3 is 2.75 bits per heavy atom. The fraction of sp³-hybridized carbons (Fsp3) is 0.0625. The SMILES string of the molecule is Cc1ccc(Br)c(C(=O)c2c[nH]c3ccc(Cl)cc23)c1. The molecule has 0 aliphatic carbocycles. The van der Waals surface area contributed by atoms with Crippen LogP contribution in [0.5, 0.6) is 0 Å². The largest absolute Gasteiger partial charge is 0.360 e. The molecule has 0 bridgehead atoms. The van der Waals surface area contributed by atoms with Crippen LogP contribution in [0.25, 0.3) is 10.9 Å². The Morgan fingerprint density at radius 2 is 1.95 bits per heavy atom. The molecule has 2 aromatic carbocycles. The molecule has 0 aliphatic heterocycles. The fourth-order valence-electron chi connectivity index (χ4n) is 2.24. The van der Waals surface area contributed by atoms with Crippen LogP contribution in [0, 0.1) is 6.92 Å². The molecule has 1 N–H and O–H groups in total. The number of carbonyl (C=O) groups is 1. The highest BCUT2D eigenvalue weighted by Crippen LogP contribution is 2.27. The van der Waals surface area contributed by atoms with E-state index in [-0.39, 0.29) is 5.78 Å². The maximum atomic E-state index is 12.7. The highest BCUT2D eigenvalue weighted by molar-refractivity contribution is 9.10. The third-order valence-corrected chi connectivity index (χ3v) is 4.18. The lowest BCUT2D eigenvalue weighted by molar-refractivity contribution is 0.103. The molecule has 0 atom stereocenters. The van der Waals surface area contributed by atoms with E-state index in [0.717, 1.165) is 20.9 Å². The molecule has 0 radical (unpaired) electrons. The highest BCUT2D eigenvalue weighted by Gasteiger charge is 2.17. The molecular formula is C16H11BrClNO. The van der Waals surface area contributed by atoms with Gasteiger partial charge in [0.05, 0.1) is 0 Å². The number of carbonyl (C=O) groups excluding carboxylic acids is 1. The Balaban J connectivity index is 2.17. The second-order valence-corrected chi connectivity index (χ2v) is 6.00. The average molecular weight is 349 g/mol. The summed E-state index contributed by atoms with van der Waals surface area (Å²) in [6, 6.07) is 11.2. The fourth-order valence-corrected chi connectivity index (χ4v) is 2.84. The van der Waals surface area contributed by atoms with Gasteiger partial charge in [0.1, 0.15) is 0 Å². The Hall–Kier alpha value is -1.58. The quantitative estimate of drug-likeness (QED) is 0.640. The monoisotopic (exact) mass is 347 g/mol. The molecule has 0 fully saturated rings. The van der Waals surface area contributed by atoms with Gasteiger partial charge in [-0.2, -0.15) is 0 Å². The van der Waals surface area contributed by atoms with E-state index < -0.39 is 0 Å². The minimum atomic E-state index is -0.0194. The van der Waals surface area contributed by atoms with E-state index in [0.29, 0.717) is 16.1 Å². The average Bonchev–Trinajstić information content (AvgIpc) is 2.83. The molecule has 100 valence electrons. The molecule has 2 nitrogen and oxygen atoms in total. The zero-order valence-electron chi connectivity index (χ0n) is 10.7. The molecule has 0 spiro atoms. The van der Waals surface area contributed by atoms with Crippen molar-refractivity contribution in [2.24, 2.45) is 0 Å². The molecule has 0 saturated heterocycles. The van der Waals surface area contributed by atoms with Gasteiger partial charge in [-0.3, -0.25) is 4.79 Å². The van der Waals surface area contributed by atoms with Crippen molar-refractivity contribution in [2.45, 2.75) is 6.92 Å². The first-order valence-corrected chi connectivity index (χ1v) is 7.31. The lowest BCUT2D eigenvalue weighted by Crippen LogP contribution is -2.02. The maximum absolute atomic E-state index is 12.7. The van der Waals surface area contributed by atoms with Gasteiger partial charge in [0, 0.05) is 37.7 Å². The van der Waals surface area contributed by atoms with E-state index in [2.05, 4.69) is 20.9 Å². The van der Waals surface area contributed by atoms with Gasteiger partial charge in [-0.25, -0.2) is 0 Å². The number of aromatic nitrogens is 1. The molecule has 1 aromatic heterocycles. The second kappa shape index (κ2) is 5.08. The van der Waals surface area contributed by atoms with Crippen LogP contribution in [0.4, 0.5) is 0 Å². The molecule has 0 aliphatic rings. The molecular weight excluding hydrogens is 338 g/mol. The Kier molecular flexibility index (Phi) is 3.40. The van der Waals surface area contributed by atoms with Gasteiger partial charge in [0.2, 0.25) is 0 Å². The number of aryl methyl sites for hydroxylation is 1. The summed E-state index contributed by atoms with van der Waals surface area (Å²) < 4.78 is 0.796. The van der Waals surface area contributed by atoms with E-state index in [1.807, 2.05) is 37.3 Å². The number of H-pyrrole nitrogens is 1. The smallest absolute Gasteiger partial charge is 0.196 e. The van der Waals surface area contributed by atoms with Gasteiger partial charge in [0.25, 0.3) is 0 Å². The standard InChI is InChI=1S/C16H11BrClNO/c1-9-2-4-14(17)12(6-9)16(20)13-8-19-15-5-3-10(18)7-11(13)15/h2-8,19H,1H3. The van der Waals surface area contributed by atoms with E-state index in [1.54, 1.807) is 12.3 Å². The van der Waals surface area contributed by atoms with Crippen molar-refractivity contribution in [1.82, 2.24) is 4.98 Å². The second-order valence-electron chi connectivity index (χ2n) is 4.70. The summed E-state index contributed by atoms with van der Waals surface area (Å²) in [6.45, 7) is 1.97. The normalized spacial score (nSPS) is 10.9. The van der Waals surface area contributed by atoms with Gasteiger partial charge in [0.15, 0.2) is 5.78 Å². The number of fused-ring (bicyclic) bond motifs is 1. The van der Waals surface area contributed by atoms with Gasteiger partial charge in [-0.15, -0.1) is 0 Å². The summed E-state index contributed by atoms with van der Waals surface area (Å²) in [5.74, 6) is -0.0194. The van der Waals surface area contributed by atoms with Crippen LogP contribution >= 0.6 is 27.5 Å². The highest BCUT2D eigenvalue weighted by atomic mass is 79.9. The molecule has 3 aromatic rings. The molecule has 0 saturated carbocycles. The first-order chi connectivity index (χ1) is 9.56. The number of halogens is 2. The zero-order chi connectivity index (χ0) is 14.3. The van der Waals surface area contributed by atoms with Crippen molar-refractivity contribution < 1.29 is 4.79 Å². The number of nitrogens with one attached hydrogen (secondary N) is 1. The summed E-state index contributed by atoms with van der Waals surface area (Å²) >= 11 is 9.46. The van der Waals surface area contributed by atoms with Crippen molar-refractivity contribution in [3.63, 3.8) is 0 Å². The number of rotatable bonds is 2. The van der Waals surface area contributed by atoms with Crippen molar-refractivity contribution in [3.05, 3.63) is 68.8 Å². The van der Waals surface area contributed by atoms with Gasteiger partial charge >= 0.3 is 0 Å². The molecule has 1 heterocycles. The van der Waals surface area contributed by atoms with Gasteiger partial charge in [-0.05, 0) is 37.3 Å². The van der Waals surface area contributed by atoms with Crippen LogP contribution in [0.3, 0.4) is 0 Å². The van der Waals surface area contributed by atoms with Gasteiger partial charge < -0.3 is 4.98 Å². The summed E-state index contributed by atoms with van der Waals surface area (Å²) in [7, 11) is 0. The van der Waals surface area contributed by atoms with E-state index in [4.69, 9.17) is 11.6 Å². The first-order valence-electron chi connectivity index (χ1n) is 6.14. The number of ketones is 1. The van der Waals surface area contributed by atoms with Crippen LogP contribution in [0.15, 0.2) is 47.1 Å². The Labute approximate surface area is 129 Å². The lowest BCUT2D eigenvalue weighted by atomic mass is 10.0. The summed E-state index contributed by atoms with van der Waals surface area (Å²) in [6.07, 6.45) is 1.73. The zero-order valence-corrected chi connectivity index (χ0v) is 13.0. The maximum Gasteiger partial charge on any atom is 0.196 e. The molecule has 4 heteroatoms. The topological polar surface area (TPSA) is 32.9 Å². The Bertz CT molecular complexity index is 822. The predicted octanol–water partition coefficient (Wildman–Crippen LogP) is 5.12. The number of benzene rings is 2. The van der Waals surface area contributed by atoms with Crippen molar-refractivity contribution >= 4 is 44.2 Å². The van der Waals surface area contributed by atoms with E-state index >= 15 is 0 Å². The van der Waals surface area contributed by atoms with Crippen molar-refractivity contribution in [1.29, 1.82) is 0 Å². The minimum absolute atomic E-state index is 0.0194. The first kappa shape index (κ1) is 13.4. The molecule has 0 unspecified atom stereocenters. The third-order valence-electron chi connectivity index (χ3n) is 3.25. The van der Waals surface area contributed by atoms with E-state index in [1.165, 1.54) is 0 Å². The van der Waals surface area contributed by atoms with Crippen LogP contribution in [-0.2, 0) is 0 Å². The Morgan fingerprint density at radius 1 is 1.15 bits per heavy atom. The van der Waals surface area contributed by atoms with E-state index in [9.17, 15) is 4.79 Å². The minimum Gasteiger partial charge on any atom is -0.360 e. The lowest BCUT2D eigenvalue weighted by Gasteiger charge is -2.04. The van der Waals surface area contributed by atoms with Crippen LogP contribution in [-0.4, -0.2) is 10.8 Å². The summed E-state index contributed by atoms with van der Waals surface area (Å²) in [5, 5.41) is 1.46. The van der Waals surface area contributed by atoms with Crippen molar-refractivity contribution in [2.75, 3.05) is 0 Å². The number of aromatic amines is 1. The molecule has 0 amide bonds. The van der Waals surface area contributed by atoms with Gasteiger partial charge in [-0.1, -0.05) is 39.2 Å². The molecule has 3 rings (SSSR count). The predicted molar refractivity (Wildman–Crippen MR) is 85.6 cm³/mol. The molecule has 20 heavy (non-hydrogen) atoms. The summed E-state index contributed by atoms with van der Waals surface area (Å²) in [5.41, 5.74) is 3.25. The number of hydrogen-bond acceptors (Lipinski definition) is 1.